The Kier molecular flexibility index (Phi) is 3.91. The summed E-state index contributed by atoms with van der Waals surface area (Å²) in [5, 5.41) is 16.8. The highest BCUT2D eigenvalue weighted by Gasteiger charge is 2.17. The molecule has 0 radical (unpaired) electrons. The Morgan fingerprint density at radius 2 is 2.11 bits per heavy atom. The summed E-state index contributed by atoms with van der Waals surface area (Å²) >= 11 is 0. The zero-order valence-electron chi connectivity index (χ0n) is 11.0. The minimum absolute atomic E-state index is 0.161. The molecule has 1 aromatic heterocycles. The zero-order valence-corrected chi connectivity index (χ0v) is 11.0. The number of aryl methyl sites for hydroxylation is 1. The quantitative estimate of drug-likeness (QED) is 0.847. The molecule has 0 saturated heterocycles. The van der Waals surface area contributed by atoms with E-state index in [4.69, 9.17) is 5.26 Å². The molecule has 4 nitrogen and oxygen atoms in total. The van der Waals surface area contributed by atoms with Crippen LogP contribution in [0.5, 0.6) is 0 Å². The van der Waals surface area contributed by atoms with Gasteiger partial charge in [-0.1, -0.05) is 31.2 Å². The summed E-state index contributed by atoms with van der Waals surface area (Å²) in [6.45, 7) is 4.83. The molecular formula is C14H15FN4. The number of halogens is 1. The number of rotatable bonds is 4. The highest BCUT2D eigenvalue weighted by molar-refractivity contribution is 5.65. The number of hydrogen-bond acceptors (Lipinski definition) is 3. The maximum Gasteiger partial charge on any atom is 0.190 e. The summed E-state index contributed by atoms with van der Waals surface area (Å²) in [5.74, 6) is 0.135. The third-order valence-electron chi connectivity index (χ3n) is 2.89. The van der Waals surface area contributed by atoms with Gasteiger partial charge in [0.05, 0.1) is 0 Å². The second-order valence-corrected chi connectivity index (χ2v) is 4.78. The summed E-state index contributed by atoms with van der Waals surface area (Å²) in [4.78, 5) is 0. The van der Waals surface area contributed by atoms with Crippen LogP contribution in [-0.4, -0.2) is 15.0 Å². The predicted molar refractivity (Wildman–Crippen MR) is 69.6 cm³/mol. The third-order valence-corrected chi connectivity index (χ3v) is 2.89. The van der Waals surface area contributed by atoms with Gasteiger partial charge < -0.3 is 0 Å². The van der Waals surface area contributed by atoms with Crippen molar-refractivity contribution in [1.29, 1.82) is 5.26 Å². The number of hydrogen-bond donors (Lipinski definition) is 0. The van der Waals surface area contributed by atoms with Gasteiger partial charge in [0.1, 0.15) is 17.6 Å². The highest BCUT2D eigenvalue weighted by Crippen LogP contribution is 2.25. The van der Waals surface area contributed by atoms with Gasteiger partial charge in [-0.25, -0.2) is 9.07 Å². The van der Waals surface area contributed by atoms with E-state index in [0.29, 0.717) is 23.7 Å². The van der Waals surface area contributed by atoms with Crippen LogP contribution in [0.25, 0.3) is 11.3 Å². The molecule has 1 aromatic carbocycles. The van der Waals surface area contributed by atoms with Crippen molar-refractivity contribution in [3.63, 3.8) is 0 Å². The van der Waals surface area contributed by atoms with Crippen molar-refractivity contribution in [3.8, 4) is 17.3 Å². The van der Waals surface area contributed by atoms with Crippen LogP contribution < -0.4 is 0 Å². The molecule has 1 heterocycles. The largest absolute Gasteiger partial charge is 0.243 e. The van der Waals surface area contributed by atoms with E-state index in [2.05, 4.69) is 24.2 Å². The lowest BCUT2D eigenvalue weighted by Crippen LogP contribution is -2.06. The maximum absolute atomic E-state index is 13.9. The second kappa shape index (κ2) is 5.61. The lowest BCUT2D eigenvalue weighted by Gasteiger charge is -2.09. The number of nitrogens with zero attached hydrogens (tertiary/aromatic N) is 4. The number of benzene rings is 1. The molecule has 0 atom stereocenters. The second-order valence-electron chi connectivity index (χ2n) is 4.78. The van der Waals surface area contributed by atoms with Crippen molar-refractivity contribution >= 4 is 0 Å². The van der Waals surface area contributed by atoms with Gasteiger partial charge in [0.25, 0.3) is 0 Å². The van der Waals surface area contributed by atoms with E-state index in [9.17, 15) is 4.39 Å². The van der Waals surface area contributed by atoms with Crippen LogP contribution in [0.2, 0.25) is 0 Å². The fourth-order valence-corrected chi connectivity index (χ4v) is 1.85. The predicted octanol–water partition coefficient (Wildman–Crippen LogP) is 3.00. The summed E-state index contributed by atoms with van der Waals surface area (Å²) in [6.07, 6.45) is 0.898. The van der Waals surface area contributed by atoms with Gasteiger partial charge in [-0.05, 0) is 24.5 Å². The molecule has 0 amide bonds. The minimum atomic E-state index is -0.368. The van der Waals surface area contributed by atoms with Gasteiger partial charge in [-0.15, -0.1) is 5.10 Å². The Bertz CT molecular complexity index is 610. The van der Waals surface area contributed by atoms with E-state index in [1.807, 2.05) is 6.07 Å². The SMILES string of the molecule is CC(C)CCn1nnc(C#N)c1-c1ccccc1F. The van der Waals surface area contributed by atoms with Gasteiger partial charge in [0.2, 0.25) is 0 Å². The van der Waals surface area contributed by atoms with Crippen LogP contribution in [-0.2, 0) is 6.54 Å². The Balaban J connectivity index is 2.46. The summed E-state index contributed by atoms with van der Waals surface area (Å²) in [5.41, 5.74) is 0.989. The minimum Gasteiger partial charge on any atom is -0.243 e. The molecule has 0 fully saturated rings. The van der Waals surface area contributed by atoms with E-state index in [-0.39, 0.29) is 11.5 Å². The molecular weight excluding hydrogens is 243 g/mol. The molecule has 0 aliphatic rings. The van der Waals surface area contributed by atoms with Crippen molar-refractivity contribution in [2.45, 2.75) is 26.8 Å². The zero-order chi connectivity index (χ0) is 13.8. The van der Waals surface area contributed by atoms with E-state index in [0.717, 1.165) is 6.42 Å². The van der Waals surface area contributed by atoms with Gasteiger partial charge >= 0.3 is 0 Å². The fraction of sp³-hybridized carbons (Fsp3) is 0.357. The molecule has 0 bridgehead atoms. The van der Waals surface area contributed by atoms with Crippen molar-refractivity contribution in [2.24, 2.45) is 5.92 Å². The fourth-order valence-electron chi connectivity index (χ4n) is 1.85. The first-order chi connectivity index (χ1) is 9.13. The Morgan fingerprint density at radius 3 is 2.74 bits per heavy atom. The molecule has 0 saturated carbocycles. The molecule has 0 spiro atoms. The number of nitriles is 1. The van der Waals surface area contributed by atoms with E-state index in [1.165, 1.54) is 6.07 Å². The van der Waals surface area contributed by atoms with Crippen molar-refractivity contribution in [2.75, 3.05) is 0 Å². The standard InChI is InChI=1S/C14H15FN4/c1-10(2)7-8-19-14(13(9-16)17-18-19)11-5-3-4-6-12(11)15/h3-6,10H,7-8H2,1-2H3. The molecule has 5 heteroatoms. The summed E-state index contributed by atoms with van der Waals surface area (Å²) in [7, 11) is 0. The highest BCUT2D eigenvalue weighted by atomic mass is 19.1. The van der Waals surface area contributed by atoms with E-state index >= 15 is 0 Å². The lowest BCUT2D eigenvalue weighted by molar-refractivity contribution is 0.480. The van der Waals surface area contributed by atoms with E-state index in [1.54, 1.807) is 22.9 Å². The van der Waals surface area contributed by atoms with Crippen LogP contribution in [0.4, 0.5) is 4.39 Å². The first kappa shape index (κ1) is 13.2. The van der Waals surface area contributed by atoms with Crippen LogP contribution in [0.15, 0.2) is 24.3 Å². The molecule has 19 heavy (non-hydrogen) atoms. The molecule has 2 aromatic rings. The maximum atomic E-state index is 13.9. The molecule has 98 valence electrons. The van der Waals surface area contributed by atoms with Gasteiger partial charge in [-0.3, -0.25) is 0 Å². The molecule has 0 N–H and O–H groups in total. The summed E-state index contributed by atoms with van der Waals surface area (Å²) in [6, 6.07) is 8.33. The first-order valence-electron chi connectivity index (χ1n) is 6.22. The molecule has 0 unspecified atom stereocenters. The van der Waals surface area contributed by atoms with Crippen LogP contribution >= 0.6 is 0 Å². The molecule has 2 rings (SSSR count). The van der Waals surface area contributed by atoms with Crippen molar-refractivity contribution < 1.29 is 4.39 Å². The average Bonchev–Trinajstić information content (AvgIpc) is 2.79. The normalized spacial score (nSPS) is 10.7. The smallest absolute Gasteiger partial charge is 0.190 e. The lowest BCUT2D eigenvalue weighted by atomic mass is 10.1. The monoisotopic (exact) mass is 258 g/mol. The van der Waals surface area contributed by atoms with Crippen LogP contribution in [0.3, 0.4) is 0 Å². The first-order valence-corrected chi connectivity index (χ1v) is 6.22. The van der Waals surface area contributed by atoms with Gasteiger partial charge in [-0.2, -0.15) is 5.26 Å². The van der Waals surface area contributed by atoms with Crippen molar-refractivity contribution in [3.05, 3.63) is 35.8 Å². The number of aromatic nitrogens is 3. The van der Waals surface area contributed by atoms with E-state index < -0.39 is 0 Å². The van der Waals surface area contributed by atoms with Crippen LogP contribution in [0.1, 0.15) is 26.0 Å². The molecule has 0 aliphatic heterocycles. The molecule has 0 aliphatic carbocycles. The summed E-state index contributed by atoms with van der Waals surface area (Å²) < 4.78 is 15.5. The Hall–Kier alpha value is -2.22. The van der Waals surface area contributed by atoms with Gasteiger partial charge in [0.15, 0.2) is 5.69 Å². The topological polar surface area (TPSA) is 54.5 Å². The van der Waals surface area contributed by atoms with Crippen LogP contribution in [0, 0.1) is 23.1 Å². The van der Waals surface area contributed by atoms with Gasteiger partial charge in [0, 0.05) is 12.1 Å². The third kappa shape index (κ3) is 2.79. The Morgan fingerprint density at radius 1 is 1.37 bits per heavy atom. The Labute approximate surface area is 111 Å². The van der Waals surface area contributed by atoms with Crippen molar-refractivity contribution in [1.82, 2.24) is 15.0 Å². The average molecular weight is 258 g/mol.